The molecular weight excluding hydrogens is 443 g/mol. The highest BCUT2D eigenvalue weighted by Gasteiger charge is 2.19. The van der Waals surface area contributed by atoms with E-state index < -0.39 is 0 Å². The van der Waals surface area contributed by atoms with Crippen LogP contribution in [0, 0.1) is 12.7 Å². The van der Waals surface area contributed by atoms with Gasteiger partial charge >= 0.3 is 0 Å². The number of rotatable bonds is 8. The van der Waals surface area contributed by atoms with Crippen molar-refractivity contribution < 1.29 is 13.6 Å². The van der Waals surface area contributed by atoms with E-state index in [-0.39, 0.29) is 23.5 Å². The van der Waals surface area contributed by atoms with Gasteiger partial charge in [0.05, 0.1) is 28.9 Å². The molecule has 0 radical (unpaired) electrons. The summed E-state index contributed by atoms with van der Waals surface area (Å²) < 4.78 is 18.9. The number of amides is 1. The third kappa shape index (κ3) is 5.32. The van der Waals surface area contributed by atoms with Crippen LogP contribution in [0.25, 0.3) is 0 Å². The van der Waals surface area contributed by atoms with Crippen LogP contribution >= 0.6 is 34.4 Å². The summed E-state index contributed by atoms with van der Waals surface area (Å²) in [4.78, 5) is 17.9. The first-order chi connectivity index (χ1) is 14.6. The van der Waals surface area contributed by atoms with Crippen molar-refractivity contribution in [1.29, 1.82) is 0 Å². The molecule has 3 aromatic heterocycles. The molecule has 0 unspecified atom stereocenters. The predicted molar refractivity (Wildman–Crippen MR) is 115 cm³/mol. The molecule has 0 aliphatic rings. The first kappa shape index (κ1) is 20.7. The summed E-state index contributed by atoms with van der Waals surface area (Å²) in [5, 5.41) is 16.2. The van der Waals surface area contributed by atoms with Crippen LogP contribution in [0.4, 0.5) is 4.39 Å². The lowest BCUT2D eigenvalue weighted by molar-refractivity contribution is -0.119. The van der Waals surface area contributed by atoms with Crippen molar-refractivity contribution in [3.63, 3.8) is 0 Å². The van der Waals surface area contributed by atoms with Crippen LogP contribution in [0.1, 0.15) is 33.1 Å². The molecule has 0 saturated carbocycles. The van der Waals surface area contributed by atoms with Gasteiger partial charge in [0.15, 0.2) is 0 Å². The lowest BCUT2D eigenvalue weighted by Crippen LogP contribution is -2.30. The molecule has 0 spiro atoms. The average molecular weight is 461 g/mol. The van der Waals surface area contributed by atoms with Crippen LogP contribution in [-0.4, -0.2) is 26.8 Å². The van der Waals surface area contributed by atoms with Gasteiger partial charge in [0.1, 0.15) is 5.82 Å². The zero-order valence-corrected chi connectivity index (χ0v) is 18.3. The standard InChI is InChI=1S/C20H17FN4O2S3/c1-12-22-15(10-29-12)9-18-24-25-20(27-18)30-11-17(26)23-19(16-3-2-8-28-16)13-4-6-14(21)7-5-13/h2-8,10,19H,9,11H2,1H3,(H,23,26)/t19-/m0/s1. The second kappa shape index (κ2) is 9.50. The van der Waals surface area contributed by atoms with Crippen molar-refractivity contribution in [2.45, 2.75) is 24.6 Å². The molecule has 1 N–H and O–H groups in total. The molecule has 0 saturated heterocycles. The number of thioether (sulfide) groups is 1. The van der Waals surface area contributed by atoms with E-state index in [0.29, 0.717) is 17.5 Å². The number of thiazole rings is 1. The molecule has 0 aliphatic carbocycles. The Labute approximate surface area is 184 Å². The quantitative estimate of drug-likeness (QED) is 0.386. The zero-order chi connectivity index (χ0) is 20.9. The number of carbonyl (C=O) groups excluding carboxylic acids is 1. The number of carbonyl (C=O) groups is 1. The number of benzene rings is 1. The third-order valence-corrected chi connectivity index (χ3v) is 6.69. The van der Waals surface area contributed by atoms with E-state index in [4.69, 9.17) is 4.42 Å². The number of aryl methyl sites for hydroxylation is 1. The molecule has 4 aromatic rings. The topological polar surface area (TPSA) is 80.9 Å². The van der Waals surface area contributed by atoms with Crippen molar-refractivity contribution in [3.05, 3.63) is 80.0 Å². The van der Waals surface area contributed by atoms with Gasteiger partial charge in [0.2, 0.25) is 11.8 Å². The van der Waals surface area contributed by atoms with Gasteiger partial charge in [-0.3, -0.25) is 4.79 Å². The molecule has 30 heavy (non-hydrogen) atoms. The number of aromatic nitrogens is 3. The number of nitrogens with one attached hydrogen (secondary N) is 1. The molecule has 4 rings (SSSR count). The van der Waals surface area contributed by atoms with Crippen molar-refractivity contribution in [3.8, 4) is 0 Å². The number of hydrogen-bond donors (Lipinski definition) is 1. The molecule has 10 heteroatoms. The van der Waals surface area contributed by atoms with Crippen molar-refractivity contribution in [1.82, 2.24) is 20.5 Å². The summed E-state index contributed by atoms with van der Waals surface area (Å²) in [7, 11) is 0. The van der Waals surface area contributed by atoms with Gasteiger partial charge in [-0.25, -0.2) is 9.37 Å². The van der Waals surface area contributed by atoms with Crippen LogP contribution in [0.5, 0.6) is 0 Å². The number of nitrogens with zero attached hydrogens (tertiary/aromatic N) is 3. The summed E-state index contributed by atoms with van der Waals surface area (Å²) in [5.74, 6) is 0.0923. The van der Waals surface area contributed by atoms with Gasteiger partial charge < -0.3 is 9.73 Å². The average Bonchev–Trinajstić information content (AvgIpc) is 3.49. The summed E-state index contributed by atoms with van der Waals surface area (Å²) in [6.45, 7) is 1.94. The molecule has 6 nitrogen and oxygen atoms in total. The molecule has 0 aliphatic heterocycles. The predicted octanol–water partition coefficient (Wildman–Crippen LogP) is 4.62. The van der Waals surface area contributed by atoms with Gasteiger partial charge in [0, 0.05) is 10.3 Å². The van der Waals surface area contributed by atoms with Crippen molar-refractivity contribution in [2.75, 3.05) is 5.75 Å². The Hall–Kier alpha value is -2.56. The van der Waals surface area contributed by atoms with E-state index >= 15 is 0 Å². The van der Waals surface area contributed by atoms with Gasteiger partial charge in [-0.15, -0.1) is 32.9 Å². The second-order valence-electron chi connectivity index (χ2n) is 6.35. The minimum absolute atomic E-state index is 0.126. The van der Waals surface area contributed by atoms with Gasteiger partial charge in [0.25, 0.3) is 5.22 Å². The maximum atomic E-state index is 13.3. The van der Waals surface area contributed by atoms with E-state index in [1.807, 2.05) is 29.8 Å². The smallest absolute Gasteiger partial charge is 0.277 e. The number of thiophene rings is 1. The first-order valence-corrected chi connectivity index (χ1v) is 11.8. The van der Waals surface area contributed by atoms with E-state index in [9.17, 15) is 9.18 Å². The largest absolute Gasteiger partial charge is 0.416 e. The Kier molecular flexibility index (Phi) is 6.56. The summed E-state index contributed by atoms with van der Waals surface area (Å²) >= 11 is 4.28. The summed E-state index contributed by atoms with van der Waals surface area (Å²) in [6, 6.07) is 9.65. The summed E-state index contributed by atoms with van der Waals surface area (Å²) in [6.07, 6.45) is 0.467. The van der Waals surface area contributed by atoms with Crippen LogP contribution in [0.2, 0.25) is 0 Å². The van der Waals surface area contributed by atoms with Gasteiger partial charge in [-0.05, 0) is 36.1 Å². The highest BCUT2D eigenvalue weighted by molar-refractivity contribution is 7.99. The Balaban J connectivity index is 1.36. The number of hydrogen-bond acceptors (Lipinski definition) is 8. The maximum absolute atomic E-state index is 13.3. The Morgan fingerprint density at radius 3 is 2.77 bits per heavy atom. The fraction of sp³-hybridized carbons (Fsp3) is 0.200. The van der Waals surface area contributed by atoms with E-state index in [0.717, 1.165) is 21.1 Å². The first-order valence-electron chi connectivity index (χ1n) is 9.01. The summed E-state index contributed by atoms with van der Waals surface area (Å²) in [5.41, 5.74) is 1.70. The lowest BCUT2D eigenvalue weighted by atomic mass is 10.1. The van der Waals surface area contributed by atoms with Crippen LogP contribution in [-0.2, 0) is 11.2 Å². The Morgan fingerprint density at radius 2 is 2.07 bits per heavy atom. The molecule has 0 fully saturated rings. The van der Waals surface area contributed by atoms with E-state index in [1.54, 1.807) is 23.5 Å². The third-order valence-electron chi connectivity index (χ3n) is 4.11. The fourth-order valence-electron chi connectivity index (χ4n) is 2.77. The second-order valence-corrected chi connectivity index (χ2v) is 9.32. The van der Waals surface area contributed by atoms with E-state index in [2.05, 4.69) is 20.5 Å². The molecule has 1 aromatic carbocycles. The monoisotopic (exact) mass is 460 g/mol. The minimum atomic E-state index is -0.343. The Bertz CT molecular complexity index is 1110. The van der Waals surface area contributed by atoms with Crippen LogP contribution in [0.3, 0.4) is 0 Å². The zero-order valence-electron chi connectivity index (χ0n) is 15.9. The Morgan fingerprint density at radius 1 is 1.23 bits per heavy atom. The molecule has 1 atom stereocenters. The maximum Gasteiger partial charge on any atom is 0.277 e. The van der Waals surface area contributed by atoms with Crippen molar-refractivity contribution >= 4 is 40.3 Å². The highest BCUT2D eigenvalue weighted by Crippen LogP contribution is 2.27. The fourth-order valence-corrected chi connectivity index (χ4v) is 4.78. The van der Waals surface area contributed by atoms with E-state index in [1.165, 1.54) is 35.2 Å². The lowest BCUT2D eigenvalue weighted by Gasteiger charge is -2.18. The molecule has 1 amide bonds. The minimum Gasteiger partial charge on any atom is -0.416 e. The van der Waals surface area contributed by atoms with Gasteiger partial charge in [-0.2, -0.15) is 0 Å². The molecule has 154 valence electrons. The van der Waals surface area contributed by atoms with Crippen molar-refractivity contribution in [2.24, 2.45) is 0 Å². The highest BCUT2D eigenvalue weighted by atomic mass is 32.2. The SMILES string of the molecule is Cc1nc(Cc2nnc(SCC(=O)N[C@@H](c3ccc(F)cc3)c3cccs3)o2)cs1. The van der Waals surface area contributed by atoms with Gasteiger partial charge in [-0.1, -0.05) is 30.0 Å². The molecular formula is C20H17FN4O2S3. The molecule has 0 bridgehead atoms. The molecule has 3 heterocycles. The number of halogens is 1. The normalized spacial score (nSPS) is 12.1. The van der Waals surface area contributed by atoms with Crippen LogP contribution < -0.4 is 5.32 Å². The van der Waals surface area contributed by atoms with Crippen LogP contribution in [0.15, 0.2) is 56.8 Å².